The van der Waals surface area contributed by atoms with E-state index in [0.29, 0.717) is 12.1 Å². The molecule has 0 aliphatic heterocycles. The molecule has 0 aromatic rings. The van der Waals surface area contributed by atoms with E-state index in [0.717, 1.165) is 13.1 Å². The van der Waals surface area contributed by atoms with E-state index in [1.54, 1.807) is 0 Å². The van der Waals surface area contributed by atoms with Gasteiger partial charge in [0.15, 0.2) is 0 Å². The van der Waals surface area contributed by atoms with Crippen LogP contribution in [-0.4, -0.2) is 37.1 Å². The highest BCUT2D eigenvalue weighted by Crippen LogP contribution is 2.03. The summed E-state index contributed by atoms with van der Waals surface area (Å²) < 4.78 is 0. The van der Waals surface area contributed by atoms with E-state index in [-0.39, 0.29) is 0 Å². The quantitative estimate of drug-likeness (QED) is 0.656. The van der Waals surface area contributed by atoms with Crippen LogP contribution in [-0.2, 0) is 0 Å². The Kier molecular flexibility index (Phi) is 6.39. The van der Waals surface area contributed by atoms with E-state index in [9.17, 15) is 0 Å². The SMILES string of the molecule is CCNC(C)CC(C)N(C)CC. The lowest BCUT2D eigenvalue weighted by molar-refractivity contribution is 0.242. The maximum Gasteiger partial charge on any atom is 0.00784 e. The molecule has 0 bridgehead atoms. The maximum absolute atomic E-state index is 3.43. The molecule has 2 unspecified atom stereocenters. The first-order valence-corrected chi connectivity index (χ1v) is 5.05. The Hall–Kier alpha value is -0.0800. The number of nitrogens with one attached hydrogen (secondary N) is 1. The fourth-order valence-electron chi connectivity index (χ4n) is 1.44. The highest BCUT2D eigenvalue weighted by molar-refractivity contribution is 4.69. The van der Waals surface area contributed by atoms with Gasteiger partial charge in [0, 0.05) is 12.1 Å². The van der Waals surface area contributed by atoms with Crippen molar-refractivity contribution in [1.82, 2.24) is 10.2 Å². The van der Waals surface area contributed by atoms with Crippen LogP contribution in [0.3, 0.4) is 0 Å². The van der Waals surface area contributed by atoms with Gasteiger partial charge in [-0.05, 0) is 40.4 Å². The van der Waals surface area contributed by atoms with Gasteiger partial charge in [-0.2, -0.15) is 0 Å². The number of hydrogen-bond acceptors (Lipinski definition) is 2. The standard InChI is InChI=1S/C10H24N2/c1-6-11-9(3)8-10(4)12(5)7-2/h9-11H,6-8H2,1-5H3. The molecule has 0 aliphatic carbocycles. The molecular weight excluding hydrogens is 148 g/mol. The summed E-state index contributed by atoms with van der Waals surface area (Å²) in [6, 6.07) is 1.32. The minimum absolute atomic E-state index is 0.638. The molecule has 0 heterocycles. The third-order valence-electron chi connectivity index (χ3n) is 2.50. The van der Waals surface area contributed by atoms with E-state index >= 15 is 0 Å². The summed E-state index contributed by atoms with van der Waals surface area (Å²) in [5.74, 6) is 0. The average molecular weight is 172 g/mol. The molecule has 74 valence electrons. The first-order valence-electron chi connectivity index (χ1n) is 5.05. The largest absolute Gasteiger partial charge is 0.314 e. The third-order valence-corrected chi connectivity index (χ3v) is 2.50. The van der Waals surface area contributed by atoms with Crippen LogP contribution in [0.25, 0.3) is 0 Å². The summed E-state index contributed by atoms with van der Waals surface area (Å²) in [5, 5.41) is 3.43. The molecule has 12 heavy (non-hydrogen) atoms. The van der Waals surface area contributed by atoms with Crippen molar-refractivity contribution in [2.24, 2.45) is 0 Å². The Labute approximate surface area is 77.3 Å². The molecule has 1 N–H and O–H groups in total. The summed E-state index contributed by atoms with van der Waals surface area (Å²) >= 11 is 0. The van der Waals surface area contributed by atoms with Gasteiger partial charge in [0.05, 0.1) is 0 Å². The van der Waals surface area contributed by atoms with Gasteiger partial charge in [-0.15, -0.1) is 0 Å². The Morgan fingerprint density at radius 1 is 1.25 bits per heavy atom. The van der Waals surface area contributed by atoms with Crippen molar-refractivity contribution in [2.45, 2.75) is 46.2 Å². The Morgan fingerprint density at radius 2 is 1.83 bits per heavy atom. The van der Waals surface area contributed by atoms with Crippen LogP contribution >= 0.6 is 0 Å². The normalized spacial score (nSPS) is 16.5. The topological polar surface area (TPSA) is 15.3 Å². The summed E-state index contributed by atoms with van der Waals surface area (Å²) in [4.78, 5) is 2.38. The van der Waals surface area contributed by atoms with E-state index < -0.39 is 0 Å². The molecule has 0 saturated carbocycles. The maximum atomic E-state index is 3.43. The predicted octanol–water partition coefficient (Wildman–Crippen LogP) is 1.71. The van der Waals surface area contributed by atoms with Crippen molar-refractivity contribution < 1.29 is 0 Å². The fraction of sp³-hybridized carbons (Fsp3) is 1.00. The smallest absolute Gasteiger partial charge is 0.00784 e. The Bertz CT molecular complexity index is 104. The molecular formula is C10H24N2. The van der Waals surface area contributed by atoms with Crippen LogP contribution in [0.4, 0.5) is 0 Å². The zero-order valence-corrected chi connectivity index (χ0v) is 9.22. The van der Waals surface area contributed by atoms with Crippen molar-refractivity contribution in [3.63, 3.8) is 0 Å². The minimum atomic E-state index is 0.638. The van der Waals surface area contributed by atoms with Crippen molar-refractivity contribution >= 4 is 0 Å². The van der Waals surface area contributed by atoms with Gasteiger partial charge in [-0.25, -0.2) is 0 Å². The van der Waals surface area contributed by atoms with Crippen LogP contribution in [0.15, 0.2) is 0 Å². The van der Waals surface area contributed by atoms with E-state index in [1.807, 2.05) is 0 Å². The van der Waals surface area contributed by atoms with Gasteiger partial charge in [0.2, 0.25) is 0 Å². The molecule has 0 spiro atoms. The molecule has 2 heteroatoms. The lowest BCUT2D eigenvalue weighted by Gasteiger charge is -2.26. The second-order valence-corrected chi connectivity index (χ2v) is 3.62. The third kappa shape index (κ3) is 4.73. The molecule has 2 nitrogen and oxygen atoms in total. The number of rotatable bonds is 6. The number of nitrogens with zero attached hydrogens (tertiary/aromatic N) is 1. The number of hydrogen-bond donors (Lipinski definition) is 1. The van der Waals surface area contributed by atoms with E-state index in [4.69, 9.17) is 0 Å². The van der Waals surface area contributed by atoms with Gasteiger partial charge in [-0.1, -0.05) is 13.8 Å². The molecule has 0 radical (unpaired) electrons. The van der Waals surface area contributed by atoms with Crippen molar-refractivity contribution in [2.75, 3.05) is 20.1 Å². The van der Waals surface area contributed by atoms with Crippen molar-refractivity contribution in [3.8, 4) is 0 Å². The van der Waals surface area contributed by atoms with Gasteiger partial charge in [0.25, 0.3) is 0 Å². The first-order chi connectivity index (χ1) is 5.61. The summed E-state index contributed by atoms with van der Waals surface area (Å²) in [7, 11) is 2.18. The highest BCUT2D eigenvalue weighted by Gasteiger charge is 2.10. The minimum Gasteiger partial charge on any atom is -0.314 e. The van der Waals surface area contributed by atoms with Gasteiger partial charge in [0.1, 0.15) is 0 Å². The Morgan fingerprint density at radius 3 is 2.25 bits per heavy atom. The van der Waals surface area contributed by atoms with Crippen molar-refractivity contribution in [1.29, 1.82) is 0 Å². The van der Waals surface area contributed by atoms with Crippen LogP contribution < -0.4 is 5.32 Å². The van der Waals surface area contributed by atoms with Crippen molar-refractivity contribution in [3.05, 3.63) is 0 Å². The average Bonchev–Trinajstić information content (AvgIpc) is 2.03. The lowest BCUT2D eigenvalue weighted by atomic mass is 10.1. The van der Waals surface area contributed by atoms with E-state index in [2.05, 4.69) is 45.0 Å². The molecule has 0 fully saturated rings. The van der Waals surface area contributed by atoms with Crippen LogP contribution in [0.5, 0.6) is 0 Å². The molecule has 0 aromatic carbocycles. The second kappa shape index (κ2) is 6.44. The predicted molar refractivity (Wildman–Crippen MR) is 55.5 cm³/mol. The van der Waals surface area contributed by atoms with Crippen LogP contribution in [0.1, 0.15) is 34.1 Å². The van der Waals surface area contributed by atoms with Crippen LogP contribution in [0.2, 0.25) is 0 Å². The summed E-state index contributed by atoms with van der Waals surface area (Å²) in [5.41, 5.74) is 0. The molecule has 0 rings (SSSR count). The van der Waals surface area contributed by atoms with Gasteiger partial charge >= 0.3 is 0 Å². The zero-order chi connectivity index (χ0) is 9.56. The van der Waals surface area contributed by atoms with E-state index in [1.165, 1.54) is 6.42 Å². The van der Waals surface area contributed by atoms with Crippen LogP contribution in [0, 0.1) is 0 Å². The molecule has 0 amide bonds. The zero-order valence-electron chi connectivity index (χ0n) is 9.22. The molecule has 0 aromatic heterocycles. The molecule has 0 saturated heterocycles. The monoisotopic (exact) mass is 172 g/mol. The summed E-state index contributed by atoms with van der Waals surface area (Å²) in [6.07, 6.45) is 1.23. The summed E-state index contributed by atoms with van der Waals surface area (Å²) in [6.45, 7) is 11.1. The second-order valence-electron chi connectivity index (χ2n) is 3.62. The fourth-order valence-corrected chi connectivity index (χ4v) is 1.44. The first kappa shape index (κ1) is 11.9. The Balaban J connectivity index is 3.59. The lowest BCUT2D eigenvalue weighted by Crippen LogP contribution is -2.36. The highest BCUT2D eigenvalue weighted by atomic mass is 15.1. The van der Waals surface area contributed by atoms with Gasteiger partial charge in [-0.3, -0.25) is 0 Å². The van der Waals surface area contributed by atoms with Gasteiger partial charge < -0.3 is 10.2 Å². The molecule has 2 atom stereocenters. The molecule has 0 aliphatic rings.